The maximum atomic E-state index is 12.9. The first-order valence-electron chi connectivity index (χ1n) is 7.23. The van der Waals surface area contributed by atoms with E-state index in [2.05, 4.69) is 4.74 Å². The zero-order valence-corrected chi connectivity index (χ0v) is 15.8. The van der Waals surface area contributed by atoms with Crippen molar-refractivity contribution in [1.82, 2.24) is 0 Å². The van der Waals surface area contributed by atoms with Crippen LogP contribution in [0.15, 0.2) is 41.3 Å². The largest absolute Gasteiger partial charge is 0.495 e. The Labute approximate surface area is 152 Å². The molecule has 0 atom stereocenters. The van der Waals surface area contributed by atoms with E-state index in [-0.39, 0.29) is 15.5 Å². The minimum Gasteiger partial charge on any atom is -0.495 e. The summed E-state index contributed by atoms with van der Waals surface area (Å²) >= 11 is 6.03. The van der Waals surface area contributed by atoms with Gasteiger partial charge < -0.3 is 9.47 Å². The molecule has 2 aromatic carbocycles. The van der Waals surface area contributed by atoms with Gasteiger partial charge in [-0.3, -0.25) is 4.31 Å². The Bertz CT molecular complexity index is 911. The van der Waals surface area contributed by atoms with Crippen LogP contribution in [-0.2, 0) is 14.8 Å². The molecule has 0 heterocycles. The smallest absolute Gasteiger partial charge is 0.337 e. The van der Waals surface area contributed by atoms with Gasteiger partial charge in [0, 0.05) is 7.05 Å². The molecule has 0 unspecified atom stereocenters. The summed E-state index contributed by atoms with van der Waals surface area (Å²) in [7, 11) is 0.257. The van der Waals surface area contributed by atoms with Gasteiger partial charge in [-0.15, -0.1) is 0 Å². The first kappa shape index (κ1) is 19.1. The summed E-state index contributed by atoms with van der Waals surface area (Å²) in [4.78, 5) is 11.7. The fourth-order valence-electron chi connectivity index (χ4n) is 2.29. The van der Waals surface area contributed by atoms with Gasteiger partial charge in [-0.2, -0.15) is 0 Å². The van der Waals surface area contributed by atoms with E-state index in [0.29, 0.717) is 17.0 Å². The molecule has 0 spiro atoms. The van der Waals surface area contributed by atoms with Gasteiger partial charge in [-0.25, -0.2) is 13.2 Å². The van der Waals surface area contributed by atoms with Gasteiger partial charge in [0.05, 0.1) is 35.4 Å². The van der Waals surface area contributed by atoms with Gasteiger partial charge in [0.2, 0.25) is 0 Å². The lowest BCUT2D eigenvalue weighted by atomic mass is 10.1. The van der Waals surface area contributed by atoms with Gasteiger partial charge in [-0.05, 0) is 42.8 Å². The third-order valence-electron chi connectivity index (χ3n) is 3.75. The van der Waals surface area contributed by atoms with Gasteiger partial charge >= 0.3 is 5.97 Å². The van der Waals surface area contributed by atoms with Crippen LogP contribution in [0.3, 0.4) is 0 Å². The van der Waals surface area contributed by atoms with Crippen LogP contribution in [-0.4, -0.2) is 35.7 Å². The van der Waals surface area contributed by atoms with Crippen LogP contribution < -0.4 is 9.04 Å². The van der Waals surface area contributed by atoms with Gasteiger partial charge in [0.15, 0.2) is 0 Å². The van der Waals surface area contributed by atoms with E-state index in [1.54, 1.807) is 19.1 Å². The minimum absolute atomic E-state index is 0.0173. The highest BCUT2D eigenvalue weighted by Crippen LogP contribution is 2.31. The van der Waals surface area contributed by atoms with Crippen molar-refractivity contribution in [2.75, 3.05) is 25.6 Å². The predicted octanol–water partition coefficient (Wildman–Crippen LogP) is 3.27. The lowest BCUT2D eigenvalue weighted by Crippen LogP contribution is -2.27. The number of benzene rings is 2. The molecule has 0 bridgehead atoms. The molecule has 0 aromatic heterocycles. The van der Waals surface area contributed by atoms with Crippen LogP contribution in [0.2, 0.25) is 5.02 Å². The summed E-state index contributed by atoms with van der Waals surface area (Å²) in [6, 6.07) is 8.94. The average Bonchev–Trinajstić information content (AvgIpc) is 2.60. The molecular weight excluding hydrogens is 366 g/mol. The average molecular weight is 384 g/mol. The quantitative estimate of drug-likeness (QED) is 0.741. The number of hydrogen-bond acceptors (Lipinski definition) is 5. The first-order chi connectivity index (χ1) is 11.7. The van der Waals surface area contributed by atoms with Gasteiger partial charge in [-0.1, -0.05) is 17.7 Å². The van der Waals surface area contributed by atoms with Crippen molar-refractivity contribution < 1.29 is 22.7 Å². The Hall–Kier alpha value is -2.25. The van der Waals surface area contributed by atoms with Crippen molar-refractivity contribution in [2.24, 2.45) is 0 Å². The van der Waals surface area contributed by atoms with E-state index in [9.17, 15) is 13.2 Å². The number of ether oxygens (including phenoxy) is 2. The number of methoxy groups -OCH3 is 2. The number of nitrogens with zero attached hydrogens (tertiary/aromatic N) is 1. The molecule has 6 nitrogen and oxygen atoms in total. The molecular formula is C17H18ClNO5S. The first-order valence-corrected chi connectivity index (χ1v) is 9.05. The summed E-state index contributed by atoms with van der Waals surface area (Å²) in [5.74, 6) is -0.160. The summed E-state index contributed by atoms with van der Waals surface area (Å²) in [5, 5.41) is 0.192. The van der Waals surface area contributed by atoms with Crippen molar-refractivity contribution in [1.29, 1.82) is 0 Å². The van der Waals surface area contributed by atoms with Gasteiger partial charge in [0.1, 0.15) is 5.75 Å². The Morgan fingerprint density at radius 3 is 2.36 bits per heavy atom. The van der Waals surface area contributed by atoms with E-state index < -0.39 is 16.0 Å². The van der Waals surface area contributed by atoms with E-state index in [1.165, 1.54) is 45.5 Å². The molecule has 2 rings (SSSR count). The SMILES string of the molecule is COC(=O)c1ccc(C)c(N(C)S(=O)(=O)c2ccc(OC)c(Cl)c2)c1. The lowest BCUT2D eigenvalue weighted by molar-refractivity contribution is 0.0600. The van der Waals surface area contributed by atoms with Crippen molar-refractivity contribution in [3.8, 4) is 5.75 Å². The van der Waals surface area contributed by atoms with Crippen molar-refractivity contribution >= 4 is 33.3 Å². The Balaban J connectivity index is 2.50. The number of hydrogen-bond donors (Lipinski definition) is 0. The molecule has 0 saturated heterocycles. The highest BCUT2D eigenvalue weighted by molar-refractivity contribution is 7.92. The van der Waals surface area contributed by atoms with Crippen LogP contribution in [0, 0.1) is 6.92 Å². The number of aryl methyl sites for hydroxylation is 1. The van der Waals surface area contributed by atoms with Crippen molar-refractivity contribution in [3.05, 3.63) is 52.5 Å². The number of anilines is 1. The molecule has 0 radical (unpaired) electrons. The number of carbonyl (C=O) groups excluding carboxylic acids is 1. The third kappa shape index (κ3) is 3.72. The van der Waals surface area contributed by atoms with E-state index in [4.69, 9.17) is 16.3 Å². The van der Waals surface area contributed by atoms with Crippen molar-refractivity contribution in [2.45, 2.75) is 11.8 Å². The molecule has 0 N–H and O–H groups in total. The topological polar surface area (TPSA) is 72.9 Å². The maximum absolute atomic E-state index is 12.9. The van der Waals surface area contributed by atoms with Crippen LogP contribution in [0.1, 0.15) is 15.9 Å². The van der Waals surface area contributed by atoms with Crippen LogP contribution in [0.4, 0.5) is 5.69 Å². The number of rotatable bonds is 5. The second-order valence-corrected chi connectivity index (χ2v) is 7.64. The zero-order chi connectivity index (χ0) is 18.8. The summed E-state index contributed by atoms with van der Waals surface area (Å²) < 4.78 is 36.6. The van der Waals surface area contributed by atoms with Crippen LogP contribution in [0.5, 0.6) is 5.75 Å². The second kappa shape index (κ2) is 7.33. The number of esters is 1. The lowest BCUT2D eigenvalue weighted by Gasteiger charge is -2.22. The highest BCUT2D eigenvalue weighted by Gasteiger charge is 2.24. The molecule has 2 aromatic rings. The fourth-order valence-corrected chi connectivity index (χ4v) is 3.89. The number of halogens is 1. The molecule has 0 aliphatic heterocycles. The fraction of sp³-hybridized carbons (Fsp3) is 0.235. The Morgan fingerprint density at radius 2 is 1.80 bits per heavy atom. The molecule has 0 fully saturated rings. The van der Waals surface area contributed by atoms with E-state index in [1.807, 2.05) is 0 Å². The summed E-state index contributed by atoms with van der Waals surface area (Å²) in [6.45, 7) is 1.75. The molecule has 0 aliphatic rings. The van der Waals surface area contributed by atoms with Crippen LogP contribution >= 0.6 is 11.6 Å². The normalized spacial score (nSPS) is 11.1. The molecule has 0 amide bonds. The predicted molar refractivity (Wildman–Crippen MR) is 96.1 cm³/mol. The molecule has 25 heavy (non-hydrogen) atoms. The van der Waals surface area contributed by atoms with E-state index in [0.717, 1.165) is 4.31 Å². The van der Waals surface area contributed by atoms with Crippen molar-refractivity contribution in [3.63, 3.8) is 0 Å². The number of sulfonamides is 1. The highest BCUT2D eigenvalue weighted by atomic mass is 35.5. The third-order valence-corrected chi connectivity index (χ3v) is 5.81. The Morgan fingerprint density at radius 1 is 1.12 bits per heavy atom. The molecule has 0 aliphatic carbocycles. The maximum Gasteiger partial charge on any atom is 0.337 e. The minimum atomic E-state index is -3.87. The Kier molecular flexibility index (Phi) is 5.59. The molecule has 0 saturated carbocycles. The second-order valence-electron chi connectivity index (χ2n) is 5.26. The summed E-state index contributed by atoms with van der Waals surface area (Å²) in [5.41, 5.74) is 1.33. The number of carbonyl (C=O) groups is 1. The monoisotopic (exact) mass is 383 g/mol. The standard InChI is InChI=1S/C17H18ClNO5S/c1-11-5-6-12(17(20)24-4)9-15(11)19(2)25(21,22)13-7-8-16(23-3)14(18)10-13/h5-10H,1-4H3. The molecule has 8 heteroatoms. The zero-order valence-electron chi connectivity index (χ0n) is 14.2. The molecule has 134 valence electrons. The van der Waals surface area contributed by atoms with Gasteiger partial charge in [0.25, 0.3) is 10.0 Å². The summed E-state index contributed by atoms with van der Waals surface area (Å²) in [6.07, 6.45) is 0. The van der Waals surface area contributed by atoms with E-state index >= 15 is 0 Å². The van der Waals surface area contributed by atoms with Crippen LogP contribution in [0.25, 0.3) is 0 Å².